The Morgan fingerprint density at radius 2 is 1.70 bits per heavy atom. The van der Waals surface area contributed by atoms with Gasteiger partial charge in [-0.2, -0.15) is 0 Å². The van der Waals surface area contributed by atoms with Gasteiger partial charge in [0.1, 0.15) is 5.82 Å². The summed E-state index contributed by atoms with van der Waals surface area (Å²) in [5, 5.41) is 0. The zero-order chi connectivity index (χ0) is 14.9. The van der Waals surface area contributed by atoms with E-state index in [0.29, 0.717) is 5.69 Å². The summed E-state index contributed by atoms with van der Waals surface area (Å²) in [6, 6.07) is 6.62. The highest BCUT2D eigenvalue weighted by Crippen LogP contribution is 2.25. The third kappa shape index (κ3) is 2.91. The molecule has 0 unspecified atom stereocenters. The summed E-state index contributed by atoms with van der Waals surface area (Å²) < 4.78 is 27.3. The number of rotatable bonds is 3. The molecular formula is C14H17N3O2S. The highest BCUT2D eigenvalue weighted by molar-refractivity contribution is 7.92. The average Bonchev–Trinajstić information content (AvgIpc) is 2.34. The van der Waals surface area contributed by atoms with Gasteiger partial charge in [0.2, 0.25) is 0 Å². The quantitative estimate of drug-likeness (QED) is 0.909. The van der Waals surface area contributed by atoms with Crippen LogP contribution >= 0.6 is 0 Å². The molecule has 3 N–H and O–H groups in total. The van der Waals surface area contributed by atoms with Gasteiger partial charge >= 0.3 is 0 Å². The highest BCUT2D eigenvalue weighted by atomic mass is 32.2. The minimum atomic E-state index is -3.66. The third-order valence-corrected chi connectivity index (χ3v) is 4.32. The fourth-order valence-corrected chi connectivity index (χ4v) is 3.35. The molecule has 5 nitrogen and oxygen atoms in total. The number of nitrogens with zero attached hydrogens (tertiary/aromatic N) is 1. The van der Waals surface area contributed by atoms with Crippen molar-refractivity contribution < 1.29 is 8.42 Å². The van der Waals surface area contributed by atoms with Crippen molar-refractivity contribution in [3.8, 4) is 0 Å². The number of nitrogens with two attached hydrogens (primary N) is 1. The van der Waals surface area contributed by atoms with Crippen LogP contribution in [-0.2, 0) is 10.0 Å². The second-order valence-corrected chi connectivity index (χ2v) is 6.48. The number of hydrogen-bond donors (Lipinski definition) is 2. The van der Waals surface area contributed by atoms with E-state index in [1.807, 2.05) is 32.9 Å². The SMILES string of the molecule is Cc1cc(C)c(NS(=O)(=O)c2ccnc(N)c2)c(C)c1. The van der Waals surface area contributed by atoms with Crippen molar-refractivity contribution in [2.75, 3.05) is 10.5 Å². The monoisotopic (exact) mass is 291 g/mol. The Bertz CT molecular complexity index is 732. The van der Waals surface area contributed by atoms with Gasteiger partial charge in [-0.25, -0.2) is 13.4 Å². The molecule has 1 heterocycles. The van der Waals surface area contributed by atoms with Crippen molar-refractivity contribution in [1.82, 2.24) is 4.98 Å². The first-order chi connectivity index (χ1) is 9.29. The Balaban J connectivity index is 2.44. The zero-order valence-corrected chi connectivity index (χ0v) is 12.5. The molecule has 0 aliphatic carbocycles. The average molecular weight is 291 g/mol. The van der Waals surface area contributed by atoms with E-state index in [4.69, 9.17) is 5.73 Å². The second kappa shape index (κ2) is 5.13. The first-order valence-corrected chi connectivity index (χ1v) is 7.60. The largest absolute Gasteiger partial charge is 0.384 e. The molecule has 0 bridgehead atoms. The maximum absolute atomic E-state index is 12.3. The van der Waals surface area contributed by atoms with Crippen LogP contribution in [-0.4, -0.2) is 13.4 Å². The van der Waals surface area contributed by atoms with Crippen LogP contribution in [0.2, 0.25) is 0 Å². The summed E-state index contributed by atoms with van der Waals surface area (Å²) in [5.41, 5.74) is 8.99. The maximum Gasteiger partial charge on any atom is 0.262 e. The smallest absolute Gasteiger partial charge is 0.262 e. The van der Waals surface area contributed by atoms with Crippen molar-refractivity contribution in [3.63, 3.8) is 0 Å². The summed E-state index contributed by atoms with van der Waals surface area (Å²) in [6.07, 6.45) is 1.37. The zero-order valence-electron chi connectivity index (χ0n) is 11.6. The number of aryl methyl sites for hydroxylation is 3. The molecule has 0 saturated heterocycles. The van der Waals surface area contributed by atoms with E-state index in [1.54, 1.807) is 0 Å². The summed E-state index contributed by atoms with van der Waals surface area (Å²) >= 11 is 0. The number of aromatic nitrogens is 1. The van der Waals surface area contributed by atoms with Gasteiger partial charge in [-0.05, 0) is 38.0 Å². The summed E-state index contributed by atoms with van der Waals surface area (Å²) in [4.78, 5) is 3.89. The maximum atomic E-state index is 12.3. The molecule has 0 aliphatic heterocycles. The van der Waals surface area contributed by atoms with Crippen LogP contribution < -0.4 is 10.5 Å². The Morgan fingerprint density at radius 3 is 2.25 bits per heavy atom. The number of sulfonamides is 1. The van der Waals surface area contributed by atoms with Crippen LogP contribution in [0, 0.1) is 20.8 Å². The standard InChI is InChI=1S/C14H17N3O2S/c1-9-6-10(2)14(11(3)7-9)17-20(18,19)12-4-5-16-13(15)8-12/h4-8,17H,1-3H3,(H2,15,16). The fraction of sp³-hybridized carbons (Fsp3) is 0.214. The van der Waals surface area contributed by atoms with Crippen molar-refractivity contribution in [3.05, 3.63) is 47.2 Å². The normalized spacial score (nSPS) is 11.3. The minimum absolute atomic E-state index is 0.101. The van der Waals surface area contributed by atoms with Crippen LogP contribution in [0.5, 0.6) is 0 Å². The molecule has 0 saturated carbocycles. The predicted molar refractivity (Wildman–Crippen MR) is 80.1 cm³/mol. The molecule has 6 heteroatoms. The first kappa shape index (κ1) is 14.3. The lowest BCUT2D eigenvalue weighted by Crippen LogP contribution is -2.15. The molecule has 2 aromatic rings. The molecule has 2 rings (SSSR count). The van der Waals surface area contributed by atoms with E-state index in [-0.39, 0.29) is 10.7 Å². The molecule has 0 atom stereocenters. The number of pyridine rings is 1. The highest BCUT2D eigenvalue weighted by Gasteiger charge is 2.17. The molecule has 0 spiro atoms. The summed E-state index contributed by atoms with van der Waals surface area (Å²) in [6.45, 7) is 5.72. The van der Waals surface area contributed by atoms with Gasteiger partial charge in [0.25, 0.3) is 10.0 Å². The van der Waals surface area contributed by atoms with E-state index in [0.717, 1.165) is 16.7 Å². The van der Waals surface area contributed by atoms with Gasteiger partial charge in [0, 0.05) is 12.3 Å². The van der Waals surface area contributed by atoms with Crippen molar-refractivity contribution in [2.24, 2.45) is 0 Å². The number of nitrogens with one attached hydrogen (secondary N) is 1. The Kier molecular flexibility index (Phi) is 3.67. The molecule has 0 fully saturated rings. The molecule has 0 amide bonds. The number of nitrogen functional groups attached to an aromatic ring is 1. The summed E-state index contributed by atoms with van der Waals surface area (Å²) in [7, 11) is -3.66. The van der Waals surface area contributed by atoms with E-state index in [9.17, 15) is 8.42 Å². The van der Waals surface area contributed by atoms with Gasteiger partial charge < -0.3 is 5.73 Å². The molecule has 1 aromatic heterocycles. The molecular weight excluding hydrogens is 274 g/mol. The van der Waals surface area contributed by atoms with Crippen molar-refractivity contribution in [2.45, 2.75) is 25.7 Å². The molecule has 106 valence electrons. The Morgan fingerprint density at radius 1 is 1.10 bits per heavy atom. The van der Waals surface area contributed by atoms with E-state index >= 15 is 0 Å². The van der Waals surface area contributed by atoms with E-state index in [2.05, 4.69) is 9.71 Å². The van der Waals surface area contributed by atoms with Gasteiger partial charge in [-0.1, -0.05) is 17.7 Å². The summed E-state index contributed by atoms with van der Waals surface area (Å²) in [5.74, 6) is 0.172. The first-order valence-electron chi connectivity index (χ1n) is 6.12. The Hall–Kier alpha value is -2.08. The Labute approximate surface area is 118 Å². The van der Waals surface area contributed by atoms with Crippen LogP contribution in [0.25, 0.3) is 0 Å². The van der Waals surface area contributed by atoms with Gasteiger partial charge in [0.05, 0.1) is 10.6 Å². The van der Waals surface area contributed by atoms with Crippen LogP contribution in [0.1, 0.15) is 16.7 Å². The molecule has 1 aromatic carbocycles. The number of hydrogen-bond acceptors (Lipinski definition) is 4. The van der Waals surface area contributed by atoms with Gasteiger partial charge in [-0.15, -0.1) is 0 Å². The van der Waals surface area contributed by atoms with Crippen LogP contribution in [0.4, 0.5) is 11.5 Å². The number of benzene rings is 1. The van der Waals surface area contributed by atoms with Crippen molar-refractivity contribution in [1.29, 1.82) is 0 Å². The fourth-order valence-electron chi connectivity index (χ4n) is 2.13. The second-order valence-electron chi connectivity index (χ2n) is 4.80. The molecule has 0 radical (unpaired) electrons. The van der Waals surface area contributed by atoms with Crippen molar-refractivity contribution >= 4 is 21.5 Å². The lowest BCUT2D eigenvalue weighted by atomic mass is 10.1. The predicted octanol–water partition coefficient (Wildman–Crippen LogP) is 2.39. The lowest BCUT2D eigenvalue weighted by Gasteiger charge is -2.14. The van der Waals surface area contributed by atoms with Gasteiger partial charge in [0.15, 0.2) is 0 Å². The topological polar surface area (TPSA) is 85.1 Å². The van der Waals surface area contributed by atoms with E-state index in [1.165, 1.54) is 18.3 Å². The third-order valence-electron chi connectivity index (χ3n) is 2.98. The molecule has 20 heavy (non-hydrogen) atoms. The van der Waals surface area contributed by atoms with E-state index < -0.39 is 10.0 Å². The van der Waals surface area contributed by atoms with Gasteiger partial charge in [-0.3, -0.25) is 4.72 Å². The molecule has 0 aliphatic rings. The minimum Gasteiger partial charge on any atom is -0.384 e. The van der Waals surface area contributed by atoms with Crippen LogP contribution in [0.3, 0.4) is 0 Å². The lowest BCUT2D eigenvalue weighted by molar-refractivity contribution is 0.601. The number of anilines is 2. The van der Waals surface area contributed by atoms with Crippen LogP contribution in [0.15, 0.2) is 35.4 Å².